The molecule has 1 amide bonds. The molecule has 1 aromatic rings. The van der Waals surface area contributed by atoms with Gasteiger partial charge in [-0.3, -0.25) is 4.79 Å². The van der Waals surface area contributed by atoms with E-state index in [1.54, 1.807) is 26.0 Å². The van der Waals surface area contributed by atoms with E-state index in [9.17, 15) is 4.79 Å². The van der Waals surface area contributed by atoms with Crippen LogP contribution in [0.5, 0.6) is 5.75 Å². The van der Waals surface area contributed by atoms with E-state index in [-0.39, 0.29) is 18.3 Å². The molecule has 0 aliphatic heterocycles. The van der Waals surface area contributed by atoms with Gasteiger partial charge in [0.25, 0.3) is 0 Å². The molecule has 1 rings (SSSR count). The van der Waals surface area contributed by atoms with Crippen molar-refractivity contribution < 1.29 is 9.53 Å². The minimum absolute atomic E-state index is 0. The van der Waals surface area contributed by atoms with Gasteiger partial charge in [-0.1, -0.05) is 12.1 Å². The SMILES string of the molecule is COc1cccc(CN(C)C(=O)[C@H](C)N)c1.Cl. The van der Waals surface area contributed by atoms with Crippen molar-refractivity contribution in [1.29, 1.82) is 0 Å². The molecule has 0 aliphatic rings. The summed E-state index contributed by atoms with van der Waals surface area (Å²) in [7, 11) is 3.36. The van der Waals surface area contributed by atoms with Crippen molar-refractivity contribution in [2.24, 2.45) is 5.73 Å². The topological polar surface area (TPSA) is 55.6 Å². The van der Waals surface area contributed by atoms with Crippen LogP contribution in [0, 0.1) is 0 Å². The summed E-state index contributed by atoms with van der Waals surface area (Å²) < 4.78 is 5.12. The second-order valence-corrected chi connectivity index (χ2v) is 3.83. The smallest absolute Gasteiger partial charge is 0.239 e. The van der Waals surface area contributed by atoms with E-state index in [1.165, 1.54) is 0 Å². The van der Waals surface area contributed by atoms with E-state index < -0.39 is 6.04 Å². The van der Waals surface area contributed by atoms with Gasteiger partial charge in [0.1, 0.15) is 5.75 Å². The summed E-state index contributed by atoms with van der Waals surface area (Å²) in [5.74, 6) is 0.724. The zero-order valence-electron chi connectivity index (χ0n) is 10.3. The Morgan fingerprint density at radius 1 is 1.53 bits per heavy atom. The molecular weight excluding hydrogens is 240 g/mol. The van der Waals surface area contributed by atoms with E-state index in [2.05, 4.69) is 0 Å². The summed E-state index contributed by atoms with van der Waals surface area (Å²) in [6.45, 7) is 2.22. The molecule has 0 saturated heterocycles. The van der Waals surface area contributed by atoms with Gasteiger partial charge in [0.05, 0.1) is 13.2 Å². The standard InChI is InChI=1S/C12H18N2O2.ClH/c1-9(13)12(15)14(2)8-10-5-4-6-11(7-10)16-3;/h4-7,9H,8,13H2,1-3H3;1H/t9-;/m0./s1. The molecule has 0 unspecified atom stereocenters. The highest BCUT2D eigenvalue weighted by atomic mass is 35.5. The van der Waals surface area contributed by atoms with E-state index >= 15 is 0 Å². The van der Waals surface area contributed by atoms with Crippen LogP contribution < -0.4 is 10.5 Å². The Labute approximate surface area is 108 Å². The first-order valence-electron chi connectivity index (χ1n) is 5.18. The fourth-order valence-electron chi connectivity index (χ4n) is 1.47. The lowest BCUT2D eigenvalue weighted by Crippen LogP contribution is -2.39. The average Bonchev–Trinajstić information content (AvgIpc) is 2.28. The van der Waals surface area contributed by atoms with Gasteiger partial charge in [-0.25, -0.2) is 0 Å². The number of hydrogen-bond donors (Lipinski definition) is 1. The molecule has 0 aliphatic carbocycles. The van der Waals surface area contributed by atoms with E-state index in [1.807, 2.05) is 24.3 Å². The number of halogens is 1. The summed E-state index contributed by atoms with van der Waals surface area (Å²) in [6.07, 6.45) is 0. The van der Waals surface area contributed by atoms with Crippen molar-refractivity contribution in [1.82, 2.24) is 4.90 Å². The quantitative estimate of drug-likeness (QED) is 0.889. The molecule has 0 saturated carbocycles. The predicted octanol–water partition coefficient (Wildman–Crippen LogP) is 1.42. The van der Waals surface area contributed by atoms with Gasteiger partial charge in [-0.05, 0) is 24.6 Å². The Morgan fingerprint density at radius 2 is 2.18 bits per heavy atom. The third-order valence-electron chi connectivity index (χ3n) is 2.32. The highest BCUT2D eigenvalue weighted by Gasteiger charge is 2.13. The summed E-state index contributed by atoms with van der Waals surface area (Å²) in [5, 5.41) is 0. The van der Waals surface area contributed by atoms with Gasteiger partial charge in [-0.15, -0.1) is 12.4 Å². The molecular formula is C12H19ClN2O2. The maximum Gasteiger partial charge on any atom is 0.239 e. The highest BCUT2D eigenvalue weighted by Crippen LogP contribution is 2.13. The third kappa shape index (κ3) is 4.63. The average molecular weight is 259 g/mol. The Hall–Kier alpha value is -1.26. The summed E-state index contributed by atoms with van der Waals surface area (Å²) >= 11 is 0. The number of carbonyl (C=O) groups excluding carboxylic acids is 1. The van der Waals surface area contributed by atoms with E-state index in [0.717, 1.165) is 11.3 Å². The van der Waals surface area contributed by atoms with Crippen LogP contribution in [0.25, 0.3) is 0 Å². The van der Waals surface area contributed by atoms with Crippen LogP contribution in [-0.4, -0.2) is 31.0 Å². The van der Waals surface area contributed by atoms with Crippen molar-refractivity contribution in [3.05, 3.63) is 29.8 Å². The molecule has 0 aromatic heterocycles. The highest BCUT2D eigenvalue weighted by molar-refractivity contribution is 5.85. The van der Waals surface area contributed by atoms with Gasteiger partial charge in [0.2, 0.25) is 5.91 Å². The number of methoxy groups -OCH3 is 1. The van der Waals surface area contributed by atoms with Crippen molar-refractivity contribution >= 4 is 18.3 Å². The van der Waals surface area contributed by atoms with Gasteiger partial charge >= 0.3 is 0 Å². The lowest BCUT2D eigenvalue weighted by atomic mass is 10.2. The summed E-state index contributed by atoms with van der Waals surface area (Å²) in [6, 6.07) is 7.17. The monoisotopic (exact) mass is 258 g/mol. The molecule has 4 nitrogen and oxygen atoms in total. The lowest BCUT2D eigenvalue weighted by Gasteiger charge is -2.19. The fourth-order valence-corrected chi connectivity index (χ4v) is 1.47. The third-order valence-corrected chi connectivity index (χ3v) is 2.32. The van der Waals surface area contributed by atoms with Gasteiger partial charge < -0.3 is 15.4 Å². The maximum absolute atomic E-state index is 11.6. The van der Waals surface area contributed by atoms with E-state index in [0.29, 0.717) is 6.54 Å². The predicted molar refractivity (Wildman–Crippen MR) is 70.4 cm³/mol. The number of carbonyl (C=O) groups is 1. The zero-order chi connectivity index (χ0) is 12.1. The van der Waals surface area contributed by atoms with Crippen LogP contribution >= 0.6 is 12.4 Å². The number of hydrogen-bond acceptors (Lipinski definition) is 3. The molecule has 17 heavy (non-hydrogen) atoms. The molecule has 1 atom stereocenters. The number of nitrogens with two attached hydrogens (primary N) is 1. The molecule has 0 spiro atoms. The minimum Gasteiger partial charge on any atom is -0.497 e. The normalized spacial score (nSPS) is 11.3. The van der Waals surface area contributed by atoms with Crippen LogP contribution in [0.2, 0.25) is 0 Å². The van der Waals surface area contributed by atoms with Crippen molar-refractivity contribution in [3.8, 4) is 5.75 Å². The van der Waals surface area contributed by atoms with Crippen LogP contribution in [0.15, 0.2) is 24.3 Å². The van der Waals surface area contributed by atoms with Gasteiger partial charge in [0.15, 0.2) is 0 Å². The molecule has 0 radical (unpaired) electrons. The van der Waals surface area contributed by atoms with Crippen LogP contribution in [0.3, 0.4) is 0 Å². The number of amides is 1. The van der Waals surface area contributed by atoms with Crippen molar-refractivity contribution in [2.45, 2.75) is 19.5 Å². The summed E-state index contributed by atoms with van der Waals surface area (Å²) in [5.41, 5.74) is 6.55. The van der Waals surface area contributed by atoms with Crippen molar-refractivity contribution in [3.63, 3.8) is 0 Å². The van der Waals surface area contributed by atoms with Gasteiger partial charge in [-0.2, -0.15) is 0 Å². The van der Waals surface area contributed by atoms with Crippen LogP contribution in [0.4, 0.5) is 0 Å². The van der Waals surface area contributed by atoms with E-state index in [4.69, 9.17) is 10.5 Å². The molecule has 0 heterocycles. The largest absolute Gasteiger partial charge is 0.497 e. The van der Waals surface area contributed by atoms with Crippen LogP contribution in [-0.2, 0) is 11.3 Å². The number of benzene rings is 1. The Balaban J connectivity index is 0.00000256. The molecule has 0 bridgehead atoms. The number of ether oxygens (including phenoxy) is 1. The second-order valence-electron chi connectivity index (χ2n) is 3.83. The molecule has 2 N–H and O–H groups in total. The molecule has 96 valence electrons. The number of likely N-dealkylation sites (N-methyl/N-ethyl adjacent to an activating group) is 1. The number of rotatable bonds is 4. The molecule has 5 heteroatoms. The molecule has 0 fully saturated rings. The number of nitrogens with zero attached hydrogens (tertiary/aromatic N) is 1. The fraction of sp³-hybridized carbons (Fsp3) is 0.417. The lowest BCUT2D eigenvalue weighted by molar-refractivity contribution is -0.131. The Kier molecular flexibility index (Phi) is 6.61. The first kappa shape index (κ1) is 15.7. The Bertz CT molecular complexity index is 369. The zero-order valence-corrected chi connectivity index (χ0v) is 11.2. The maximum atomic E-state index is 11.6. The summed E-state index contributed by atoms with van der Waals surface area (Å²) in [4.78, 5) is 13.2. The first-order valence-corrected chi connectivity index (χ1v) is 5.18. The minimum atomic E-state index is -0.462. The second kappa shape index (κ2) is 7.14. The molecule has 1 aromatic carbocycles. The van der Waals surface area contributed by atoms with Gasteiger partial charge in [0, 0.05) is 13.6 Å². The Morgan fingerprint density at radius 3 is 2.71 bits per heavy atom. The van der Waals surface area contributed by atoms with Crippen LogP contribution in [0.1, 0.15) is 12.5 Å². The van der Waals surface area contributed by atoms with Crippen molar-refractivity contribution in [2.75, 3.05) is 14.2 Å². The first-order chi connectivity index (χ1) is 7.54.